The van der Waals surface area contributed by atoms with Gasteiger partial charge in [-0.3, -0.25) is 4.79 Å². The molecule has 3 atom stereocenters. The number of carbonyl (C=O) groups is 1. The Balaban J connectivity index is 2.15. The van der Waals surface area contributed by atoms with Crippen molar-refractivity contribution in [2.24, 2.45) is 11.8 Å². The average Bonchev–Trinajstić information content (AvgIpc) is 3.25. The molecular weight excluding hydrogens is 288 g/mol. The van der Waals surface area contributed by atoms with Gasteiger partial charge in [-0.15, -0.1) is 0 Å². The number of methoxy groups -OCH3 is 2. The monoisotopic (exact) mass is 310 g/mol. The van der Waals surface area contributed by atoms with Crippen LogP contribution in [0, 0.1) is 18.8 Å². The van der Waals surface area contributed by atoms with Gasteiger partial charge in [-0.25, -0.2) is 0 Å². The van der Waals surface area contributed by atoms with Crippen molar-refractivity contribution in [2.75, 3.05) is 14.2 Å². The molecule has 1 aromatic carbocycles. The van der Waals surface area contributed by atoms with E-state index in [2.05, 4.69) is 6.92 Å². The van der Waals surface area contributed by atoms with E-state index in [9.17, 15) is 4.79 Å². The highest BCUT2D eigenvalue weighted by Crippen LogP contribution is 2.48. The van der Waals surface area contributed by atoms with E-state index in [4.69, 9.17) is 21.1 Å². The first-order valence-electron chi connectivity index (χ1n) is 7.43. The zero-order valence-corrected chi connectivity index (χ0v) is 13.9. The molecule has 4 heteroatoms. The minimum Gasteiger partial charge on any atom is -0.496 e. The maximum absolute atomic E-state index is 11.5. The number of hydrogen-bond acceptors (Lipinski definition) is 3. The van der Waals surface area contributed by atoms with Crippen molar-refractivity contribution in [2.45, 2.75) is 39.0 Å². The van der Waals surface area contributed by atoms with Crippen molar-refractivity contribution in [3.8, 4) is 5.75 Å². The molecule has 0 amide bonds. The van der Waals surface area contributed by atoms with Crippen LogP contribution in [0.3, 0.4) is 0 Å². The molecule has 21 heavy (non-hydrogen) atoms. The van der Waals surface area contributed by atoms with Crippen LogP contribution < -0.4 is 4.74 Å². The lowest BCUT2D eigenvalue weighted by Gasteiger charge is -2.19. The van der Waals surface area contributed by atoms with Gasteiger partial charge in [-0.2, -0.15) is 0 Å². The fraction of sp³-hybridized carbons (Fsp3) is 0.588. The van der Waals surface area contributed by atoms with E-state index in [1.807, 2.05) is 19.1 Å². The first-order valence-corrected chi connectivity index (χ1v) is 7.81. The fourth-order valence-electron chi connectivity index (χ4n) is 2.99. The smallest absolute Gasteiger partial charge is 0.308 e. The Morgan fingerprint density at radius 1 is 1.43 bits per heavy atom. The number of benzene rings is 1. The predicted octanol–water partition coefficient (Wildman–Crippen LogP) is 4.35. The Morgan fingerprint density at radius 3 is 2.71 bits per heavy atom. The van der Waals surface area contributed by atoms with Gasteiger partial charge in [0.05, 0.1) is 20.1 Å². The van der Waals surface area contributed by atoms with Crippen molar-refractivity contribution < 1.29 is 14.3 Å². The second-order valence-electron chi connectivity index (χ2n) is 5.81. The van der Waals surface area contributed by atoms with Gasteiger partial charge in [-0.1, -0.05) is 18.5 Å². The molecule has 0 radical (unpaired) electrons. The van der Waals surface area contributed by atoms with Gasteiger partial charge in [0.15, 0.2) is 0 Å². The maximum Gasteiger partial charge on any atom is 0.308 e. The topological polar surface area (TPSA) is 35.5 Å². The van der Waals surface area contributed by atoms with Crippen molar-refractivity contribution in [3.05, 3.63) is 28.3 Å². The molecule has 0 N–H and O–H groups in total. The minimum absolute atomic E-state index is 0.0796. The summed E-state index contributed by atoms with van der Waals surface area (Å²) >= 11 is 6.27. The van der Waals surface area contributed by atoms with Gasteiger partial charge >= 0.3 is 5.97 Å². The molecule has 1 aromatic rings. The average molecular weight is 311 g/mol. The third-order valence-corrected chi connectivity index (χ3v) is 4.86. The minimum atomic E-state index is -0.0799. The van der Waals surface area contributed by atoms with Crippen molar-refractivity contribution in [1.29, 1.82) is 0 Å². The summed E-state index contributed by atoms with van der Waals surface area (Å²) in [5, 5.41) is 0.768. The zero-order chi connectivity index (χ0) is 15.6. The van der Waals surface area contributed by atoms with E-state index < -0.39 is 0 Å². The largest absolute Gasteiger partial charge is 0.496 e. The number of esters is 1. The highest BCUT2D eigenvalue weighted by Gasteiger charge is 2.44. The van der Waals surface area contributed by atoms with E-state index >= 15 is 0 Å². The second kappa shape index (κ2) is 6.69. The highest BCUT2D eigenvalue weighted by atomic mass is 35.5. The lowest BCUT2D eigenvalue weighted by Crippen LogP contribution is -2.07. The number of carbonyl (C=O) groups excluding carboxylic acids is 1. The van der Waals surface area contributed by atoms with E-state index in [0.29, 0.717) is 11.8 Å². The number of aryl methyl sites for hydroxylation is 1. The Hall–Kier alpha value is -1.22. The molecule has 3 unspecified atom stereocenters. The molecule has 0 aromatic heterocycles. The van der Waals surface area contributed by atoms with Gasteiger partial charge in [0.1, 0.15) is 5.75 Å². The van der Waals surface area contributed by atoms with Crippen LogP contribution in [-0.4, -0.2) is 20.2 Å². The molecule has 0 heterocycles. The van der Waals surface area contributed by atoms with Crippen LogP contribution in [0.25, 0.3) is 0 Å². The van der Waals surface area contributed by atoms with Crippen LogP contribution in [-0.2, 0) is 9.53 Å². The molecule has 0 saturated heterocycles. The molecule has 3 nitrogen and oxygen atoms in total. The van der Waals surface area contributed by atoms with Crippen molar-refractivity contribution in [1.82, 2.24) is 0 Å². The van der Waals surface area contributed by atoms with Crippen molar-refractivity contribution >= 4 is 17.6 Å². The van der Waals surface area contributed by atoms with E-state index in [0.717, 1.165) is 41.2 Å². The Bertz CT molecular complexity index is 527. The van der Waals surface area contributed by atoms with Crippen molar-refractivity contribution in [3.63, 3.8) is 0 Å². The van der Waals surface area contributed by atoms with Crippen LogP contribution in [0.2, 0.25) is 5.02 Å². The van der Waals surface area contributed by atoms with E-state index in [1.54, 1.807) is 7.11 Å². The summed E-state index contributed by atoms with van der Waals surface area (Å²) in [6, 6.07) is 4.00. The fourth-order valence-corrected chi connectivity index (χ4v) is 3.17. The Kier molecular flexibility index (Phi) is 5.15. The summed E-state index contributed by atoms with van der Waals surface area (Å²) < 4.78 is 10.3. The summed E-state index contributed by atoms with van der Waals surface area (Å²) in [4.78, 5) is 11.5. The van der Waals surface area contributed by atoms with Gasteiger partial charge in [0.25, 0.3) is 0 Å². The summed E-state index contributed by atoms with van der Waals surface area (Å²) in [5.41, 5.74) is 2.16. The third kappa shape index (κ3) is 3.52. The lowest BCUT2D eigenvalue weighted by atomic mass is 9.89. The molecular formula is C17H23ClO3. The molecule has 1 saturated carbocycles. The number of hydrogen-bond donors (Lipinski definition) is 0. The Labute approximate surface area is 131 Å². The van der Waals surface area contributed by atoms with Crippen LogP contribution in [0.15, 0.2) is 12.1 Å². The predicted molar refractivity (Wildman–Crippen MR) is 84.0 cm³/mol. The number of halogens is 1. The first kappa shape index (κ1) is 16.2. The van der Waals surface area contributed by atoms with E-state index in [1.165, 1.54) is 7.11 Å². The normalized spacial score (nSPS) is 21.8. The van der Waals surface area contributed by atoms with Crippen LogP contribution >= 0.6 is 11.6 Å². The second-order valence-corrected chi connectivity index (χ2v) is 6.22. The molecule has 0 aliphatic heterocycles. The van der Waals surface area contributed by atoms with Gasteiger partial charge in [0.2, 0.25) is 0 Å². The molecule has 1 aliphatic carbocycles. The Morgan fingerprint density at radius 2 is 2.14 bits per heavy atom. The summed E-state index contributed by atoms with van der Waals surface area (Å²) in [6.07, 6.45) is 2.91. The molecule has 2 rings (SSSR count). The third-order valence-electron chi connectivity index (χ3n) is 4.46. The van der Waals surface area contributed by atoms with Crippen LogP contribution in [0.5, 0.6) is 5.75 Å². The molecule has 116 valence electrons. The summed E-state index contributed by atoms with van der Waals surface area (Å²) in [7, 11) is 3.14. The molecule has 1 fully saturated rings. The summed E-state index contributed by atoms with van der Waals surface area (Å²) in [6.45, 7) is 4.14. The number of rotatable bonds is 6. The molecule has 0 spiro atoms. The van der Waals surface area contributed by atoms with E-state index in [-0.39, 0.29) is 11.9 Å². The lowest BCUT2D eigenvalue weighted by molar-refractivity contribution is -0.142. The van der Waals surface area contributed by atoms with Gasteiger partial charge < -0.3 is 9.47 Å². The summed E-state index contributed by atoms with van der Waals surface area (Å²) in [5.74, 6) is 1.67. The molecule has 0 bridgehead atoms. The van der Waals surface area contributed by atoms with Gasteiger partial charge in [-0.05, 0) is 61.3 Å². The standard InChI is InChI=1S/C17H23ClO3/c1-5-11(7-12-8-14(12)17(19)21-4)13-9-15(18)10(2)6-16(13)20-3/h6,9,11-12,14H,5,7-8H2,1-4H3. The van der Waals surface area contributed by atoms with Crippen LogP contribution in [0.1, 0.15) is 43.2 Å². The SMILES string of the molecule is CCC(CC1CC1C(=O)OC)c1cc(Cl)c(C)cc1OC. The highest BCUT2D eigenvalue weighted by molar-refractivity contribution is 6.31. The zero-order valence-electron chi connectivity index (χ0n) is 13.1. The first-order chi connectivity index (χ1) is 10.0. The maximum atomic E-state index is 11.5. The van der Waals surface area contributed by atoms with Crippen LogP contribution in [0.4, 0.5) is 0 Å². The quantitative estimate of drug-likeness (QED) is 0.733. The number of ether oxygens (including phenoxy) is 2. The van der Waals surface area contributed by atoms with Gasteiger partial charge in [0, 0.05) is 5.02 Å². The molecule has 1 aliphatic rings.